The molecule has 0 radical (unpaired) electrons. The summed E-state index contributed by atoms with van der Waals surface area (Å²) in [5.41, 5.74) is 1.16. The highest BCUT2D eigenvalue weighted by atomic mass is 16.4. The number of rotatable bonds is 5. The molecule has 0 saturated heterocycles. The van der Waals surface area contributed by atoms with Crippen LogP contribution in [0.15, 0.2) is 30.3 Å². The van der Waals surface area contributed by atoms with E-state index in [1.807, 2.05) is 30.3 Å². The molecule has 1 aliphatic rings. The molecule has 1 aromatic rings. The lowest BCUT2D eigenvalue weighted by Crippen LogP contribution is -2.44. The maximum atomic E-state index is 12.1. The number of carboxylic acid groups (broad SMARTS) is 1. The van der Waals surface area contributed by atoms with Crippen molar-refractivity contribution in [3.05, 3.63) is 35.9 Å². The predicted molar refractivity (Wildman–Crippen MR) is 73.6 cm³/mol. The van der Waals surface area contributed by atoms with Crippen LogP contribution in [0.4, 0.5) is 0 Å². The fraction of sp³-hybridized carbons (Fsp3) is 0.500. The Hall–Kier alpha value is -1.84. The normalized spacial score (nSPS) is 22.2. The van der Waals surface area contributed by atoms with Gasteiger partial charge < -0.3 is 15.2 Å². The summed E-state index contributed by atoms with van der Waals surface area (Å²) in [5.74, 6) is -2.28. The molecule has 0 aromatic heterocycles. The average Bonchev–Trinajstić information content (AvgIpc) is 2.48. The van der Waals surface area contributed by atoms with Gasteiger partial charge in [0.1, 0.15) is 0 Å². The first-order valence-corrected chi connectivity index (χ1v) is 7.21. The first-order chi connectivity index (χ1) is 9.68. The van der Waals surface area contributed by atoms with E-state index in [4.69, 9.17) is 0 Å². The molecule has 1 fully saturated rings. The summed E-state index contributed by atoms with van der Waals surface area (Å²) >= 11 is 0. The van der Waals surface area contributed by atoms with E-state index in [9.17, 15) is 14.7 Å². The smallest absolute Gasteiger partial charge is 0.223 e. The van der Waals surface area contributed by atoms with Gasteiger partial charge in [0.05, 0.1) is 0 Å². The Balaban J connectivity index is 1.83. The van der Waals surface area contributed by atoms with Gasteiger partial charge in [-0.25, -0.2) is 0 Å². The number of carboxylic acids is 1. The first kappa shape index (κ1) is 14.6. The summed E-state index contributed by atoms with van der Waals surface area (Å²) < 4.78 is 0. The quantitative estimate of drug-likeness (QED) is 0.867. The van der Waals surface area contributed by atoms with E-state index in [0.717, 1.165) is 24.8 Å². The Morgan fingerprint density at radius 1 is 1.10 bits per heavy atom. The lowest BCUT2D eigenvalue weighted by molar-refractivity contribution is -0.314. The van der Waals surface area contributed by atoms with Crippen LogP contribution in [0.1, 0.15) is 31.2 Å². The number of aliphatic carboxylic acids is 1. The number of carbonyl (C=O) groups excluding carboxylic acids is 2. The third-order valence-electron chi connectivity index (χ3n) is 3.96. The van der Waals surface area contributed by atoms with Crippen molar-refractivity contribution in [2.45, 2.75) is 32.1 Å². The van der Waals surface area contributed by atoms with Crippen LogP contribution in [-0.2, 0) is 16.0 Å². The Labute approximate surface area is 119 Å². The fourth-order valence-electron chi connectivity index (χ4n) is 2.83. The van der Waals surface area contributed by atoms with Crippen LogP contribution in [0, 0.1) is 11.8 Å². The van der Waals surface area contributed by atoms with Gasteiger partial charge in [0, 0.05) is 24.3 Å². The van der Waals surface area contributed by atoms with Crippen molar-refractivity contribution in [2.24, 2.45) is 11.8 Å². The van der Waals surface area contributed by atoms with Gasteiger partial charge in [-0.05, 0) is 24.8 Å². The minimum atomic E-state index is -1.09. The van der Waals surface area contributed by atoms with Gasteiger partial charge >= 0.3 is 0 Å². The average molecular weight is 274 g/mol. The molecule has 108 valence electrons. The first-order valence-electron chi connectivity index (χ1n) is 7.21. The zero-order valence-corrected chi connectivity index (χ0v) is 11.5. The molecule has 0 heterocycles. The van der Waals surface area contributed by atoms with Gasteiger partial charge in [-0.3, -0.25) is 4.79 Å². The summed E-state index contributed by atoms with van der Waals surface area (Å²) in [6.07, 6.45) is 3.75. The van der Waals surface area contributed by atoms with Crippen LogP contribution >= 0.6 is 0 Å². The highest BCUT2D eigenvalue weighted by Gasteiger charge is 2.31. The van der Waals surface area contributed by atoms with Crippen LogP contribution in [0.2, 0.25) is 0 Å². The molecule has 0 spiro atoms. The van der Waals surface area contributed by atoms with Crippen molar-refractivity contribution in [1.82, 2.24) is 5.32 Å². The predicted octanol–water partition coefficient (Wildman–Crippen LogP) is 0.902. The van der Waals surface area contributed by atoms with Gasteiger partial charge in [0.15, 0.2) is 0 Å². The molecule has 1 N–H and O–H groups in total. The van der Waals surface area contributed by atoms with Gasteiger partial charge in [-0.2, -0.15) is 0 Å². The topological polar surface area (TPSA) is 69.2 Å². The highest BCUT2D eigenvalue weighted by Crippen LogP contribution is 2.29. The molecule has 1 amide bonds. The monoisotopic (exact) mass is 274 g/mol. The number of amides is 1. The van der Waals surface area contributed by atoms with Crippen molar-refractivity contribution in [3.8, 4) is 0 Å². The second kappa shape index (κ2) is 7.08. The van der Waals surface area contributed by atoms with Crippen LogP contribution < -0.4 is 10.4 Å². The van der Waals surface area contributed by atoms with E-state index in [1.54, 1.807) is 0 Å². The Morgan fingerprint density at radius 2 is 1.75 bits per heavy atom. The van der Waals surface area contributed by atoms with Crippen LogP contribution in [-0.4, -0.2) is 18.4 Å². The Morgan fingerprint density at radius 3 is 2.40 bits per heavy atom. The van der Waals surface area contributed by atoms with E-state index < -0.39 is 17.8 Å². The Kier molecular flexibility index (Phi) is 5.16. The summed E-state index contributed by atoms with van der Waals surface area (Å²) in [4.78, 5) is 23.2. The van der Waals surface area contributed by atoms with E-state index in [-0.39, 0.29) is 5.91 Å². The van der Waals surface area contributed by atoms with Crippen LogP contribution in [0.3, 0.4) is 0 Å². The molecule has 2 rings (SSSR count). The summed E-state index contributed by atoms with van der Waals surface area (Å²) in [7, 11) is 0. The molecule has 20 heavy (non-hydrogen) atoms. The second-order valence-corrected chi connectivity index (χ2v) is 5.34. The maximum absolute atomic E-state index is 12.1. The molecular formula is C16H20NO3-. The summed E-state index contributed by atoms with van der Waals surface area (Å²) in [6, 6.07) is 9.90. The number of hydrogen-bond acceptors (Lipinski definition) is 3. The molecule has 1 aliphatic carbocycles. The third kappa shape index (κ3) is 3.83. The van der Waals surface area contributed by atoms with Crippen LogP contribution in [0.25, 0.3) is 0 Å². The van der Waals surface area contributed by atoms with Gasteiger partial charge in [-0.1, -0.05) is 43.2 Å². The number of benzene rings is 1. The van der Waals surface area contributed by atoms with E-state index in [1.165, 1.54) is 0 Å². The van der Waals surface area contributed by atoms with Crippen molar-refractivity contribution < 1.29 is 14.7 Å². The van der Waals surface area contributed by atoms with E-state index in [0.29, 0.717) is 19.4 Å². The number of hydrogen-bond donors (Lipinski definition) is 1. The molecule has 1 aromatic carbocycles. The standard InChI is InChI=1S/C16H21NO3/c18-15(13-8-4-5-9-14(13)16(19)20)17-11-10-12-6-2-1-3-7-12/h1-3,6-7,13-14H,4-5,8-11H2,(H,17,18)(H,19,20)/p-1. The number of carbonyl (C=O) groups is 2. The molecule has 4 nitrogen and oxygen atoms in total. The number of nitrogens with one attached hydrogen (secondary N) is 1. The lowest BCUT2D eigenvalue weighted by atomic mass is 9.78. The minimum Gasteiger partial charge on any atom is -0.550 e. The van der Waals surface area contributed by atoms with Crippen molar-refractivity contribution in [3.63, 3.8) is 0 Å². The van der Waals surface area contributed by atoms with E-state index >= 15 is 0 Å². The minimum absolute atomic E-state index is 0.144. The zero-order valence-electron chi connectivity index (χ0n) is 11.5. The molecule has 1 saturated carbocycles. The van der Waals surface area contributed by atoms with Crippen molar-refractivity contribution in [1.29, 1.82) is 0 Å². The van der Waals surface area contributed by atoms with Gasteiger partial charge in [0.25, 0.3) is 0 Å². The zero-order chi connectivity index (χ0) is 14.4. The summed E-state index contributed by atoms with van der Waals surface area (Å²) in [5, 5.41) is 13.9. The molecule has 0 bridgehead atoms. The fourth-order valence-corrected chi connectivity index (χ4v) is 2.83. The SMILES string of the molecule is O=C([O-])C1CCCCC1C(=O)NCCc1ccccc1. The Bertz CT molecular complexity index is 458. The highest BCUT2D eigenvalue weighted by molar-refractivity contribution is 5.84. The lowest BCUT2D eigenvalue weighted by Gasteiger charge is -2.31. The maximum Gasteiger partial charge on any atom is 0.223 e. The van der Waals surface area contributed by atoms with Gasteiger partial charge in [0.2, 0.25) is 5.91 Å². The van der Waals surface area contributed by atoms with E-state index in [2.05, 4.69) is 5.32 Å². The van der Waals surface area contributed by atoms with Crippen molar-refractivity contribution >= 4 is 11.9 Å². The van der Waals surface area contributed by atoms with Crippen LogP contribution in [0.5, 0.6) is 0 Å². The molecule has 0 aliphatic heterocycles. The largest absolute Gasteiger partial charge is 0.550 e. The molecule has 4 heteroatoms. The summed E-state index contributed by atoms with van der Waals surface area (Å²) in [6.45, 7) is 0.541. The molecule has 2 unspecified atom stereocenters. The van der Waals surface area contributed by atoms with Gasteiger partial charge in [-0.15, -0.1) is 0 Å². The third-order valence-corrected chi connectivity index (χ3v) is 3.96. The second-order valence-electron chi connectivity index (χ2n) is 5.34. The molecular weight excluding hydrogens is 254 g/mol. The van der Waals surface area contributed by atoms with Crippen molar-refractivity contribution in [2.75, 3.05) is 6.54 Å². The molecule has 2 atom stereocenters.